The quantitative estimate of drug-likeness (QED) is 0.469. The number of carbonyl (C=O) groups excluding carboxylic acids is 1. The van der Waals surface area contributed by atoms with E-state index in [-0.39, 0.29) is 11.7 Å². The minimum atomic E-state index is -4.54. The van der Waals surface area contributed by atoms with E-state index in [4.69, 9.17) is 0 Å². The van der Waals surface area contributed by atoms with Gasteiger partial charge in [-0.2, -0.15) is 13.2 Å². The summed E-state index contributed by atoms with van der Waals surface area (Å²) in [5, 5.41) is 2.44. The molecule has 0 fully saturated rings. The van der Waals surface area contributed by atoms with Crippen molar-refractivity contribution in [3.05, 3.63) is 89.2 Å². The van der Waals surface area contributed by atoms with Crippen molar-refractivity contribution in [2.45, 2.75) is 45.3 Å². The van der Waals surface area contributed by atoms with Gasteiger partial charge in [0, 0.05) is 11.7 Å². The molecular formula is C24H25F3N2O. The molecular weight excluding hydrogens is 389 g/mol. The molecule has 158 valence electrons. The van der Waals surface area contributed by atoms with Gasteiger partial charge in [0.15, 0.2) is 0 Å². The Morgan fingerprint density at radius 1 is 0.933 bits per heavy atom. The number of nitrogens with zero attached hydrogens (tertiary/aromatic N) is 1. The van der Waals surface area contributed by atoms with Gasteiger partial charge in [-0.05, 0) is 62.9 Å². The molecule has 3 rings (SSSR count). The maximum atomic E-state index is 13.2. The number of para-hydroxylation sites is 1. The SMILES string of the molecule is CC(C)n1c(CCCc2ccccc2)ccc1C(=O)Nc1ccccc1C(F)(F)F. The summed E-state index contributed by atoms with van der Waals surface area (Å²) in [6.45, 7) is 3.92. The summed E-state index contributed by atoms with van der Waals surface area (Å²) in [6.07, 6.45) is -1.92. The van der Waals surface area contributed by atoms with Gasteiger partial charge in [0.1, 0.15) is 5.69 Å². The summed E-state index contributed by atoms with van der Waals surface area (Å²) in [7, 11) is 0. The van der Waals surface area contributed by atoms with Gasteiger partial charge < -0.3 is 9.88 Å². The normalized spacial score (nSPS) is 11.7. The van der Waals surface area contributed by atoms with Crippen molar-refractivity contribution >= 4 is 11.6 Å². The zero-order valence-corrected chi connectivity index (χ0v) is 17.0. The second kappa shape index (κ2) is 9.20. The molecule has 0 bridgehead atoms. The third kappa shape index (κ3) is 5.12. The summed E-state index contributed by atoms with van der Waals surface area (Å²) in [6, 6.07) is 18.7. The summed E-state index contributed by atoms with van der Waals surface area (Å²) in [5.41, 5.74) is 1.51. The molecule has 1 N–H and O–H groups in total. The van der Waals surface area contributed by atoms with Crippen LogP contribution in [0.2, 0.25) is 0 Å². The number of anilines is 1. The van der Waals surface area contributed by atoms with Gasteiger partial charge in [-0.3, -0.25) is 4.79 Å². The van der Waals surface area contributed by atoms with Crippen molar-refractivity contribution in [3.8, 4) is 0 Å². The summed E-state index contributed by atoms with van der Waals surface area (Å²) in [5.74, 6) is -0.547. The van der Waals surface area contributed by atoms with Gasteiger partial charge >= 0.3 is 6.18 Å². The van der Waals surface area contributed by atoms with Crippen LogP contribution in [0.15, 0.2) is 66.7 Å². The lowest BCUT2D eigenvalue weighted by atomic mass is 10.1. The number of rotatable bonds is 7. The molecule has 0 radical (unpaired) electrons. The van der Waals surface area contributed by atoms with E-state index in [9.17, 15) is 18.0 Å². The highest BCUT2D eigenvalue weighted by Gasteiger charge is 2.33. The van der Waals surface area contributed by atoms with Crippen molar-refractivity contribution < 1.29 is 18.0 Å². The monoisotopic (exact) mass is 414 g/mol. The molecule has 0 spiro atoms. The average Bonchev–Trinajstić information content (AvgIpc) is 3.13. The zero-order chi connectivity index (χ0) is 21.7. The number of benzene rings is 2. The molecule has 2 aromatic carbocycles. The van der Waals surface area contributed by atoms with Gasteiger partial charge in [-0.15, -0.1) is 0 Å². The van der Waals surface area contributed by atoms with E-state index in [2.05, 4.69) is 17.4 Å². The Morgan fingerprint density at radius 3 is 2.27 bits per heavy atom. The van der Waals surface area contributed by atoms with Crippen LogP contribution in [0, 0.1) is 0 Å². The first kappa shape index (κ1) is 21.7. The van der Waals surface area contributed by atoms with Gasteiger partial charge in [-0.25, -0.2) is 0 Å². The Bertz CT molecular complexity index is 991. The maximum Gasteiger partial charge on any atom is 0.418 e. The van der Waals surface area contributed by atoms with Gasteiger partial charge in [0.2, 0.25) is 0 Å². The molecule has 0 saturated carbocycles. The second-order valence-electron chi connectivity index (χ2n) is 7.51. The number of hydrogen-bond donors (Lipinski definition) is 1. The van der Waals surface area contributed by atoms with E-state index in [0.717, 1.165) is 31.0 Å². The van der Waals surface area contributed by atoms with Crippen LogP contribution in [-0.4, -0.2) is 10.5 Å². The lowest BCUT2D eigenvalue weighted by Crippen LogP contribution is -2.21. The van der Waals surface area contributed by atoms with Crippen molar-refractivity contribution in [3.63, 3.8) is 0 Å². The number of carbonyl (C=O) groups is 1. The van der Waals surface area contributed by atoms with Crippen molar-refractivity contribution in [1.82, 2.24) is 4.57 Å². The zero-order valence-electron chi connectivity index (χ0n) is 17.0. The maximum absolute atomic E-state index is 13.2. The molecule has 1 amide bonds. The Labute approximate surface area is 174 Å². The van der Waals surface area contributed by atoms with Gasteiger partial charge in [0.05, 0.1) is 11.3 Å². The third-order valence-corrected chi connectivity index (χ3v) is 4.97. The van der Waals surface area contributed by atoms with Crippen LogP contribution in [0.5, 0.6) is 0 Å². The second-order valence-corrected chi connectivity index (χ2v) is 7.51. The van der Waals surface area contributed by atoms with Gasteiger partial charge in [0.25, 0.3) is 5.91 Å². The highest BCUT2D eigenvalue weighted by Crippen LogP contribution is 2.34. The van der Waals surface area contributed by atoms with E-state index in [1.807, 2.05) is 42.7 Å². The average molecular weight is 414 g/mol. The molecule has 30 heavy (non-hydrogen) atoms. The molecule has 0 aliphatic heterocycles. The van der Waals surface area contributed by atoms with Crippen LogP contribution < -0.4 is 5.32 Å². The van der Waals surface area contributed by atoms with Crippen molar-refractivity contribution in [2.24, 2.45) is 0 Å². The van der Waals surface area contributed by atoms with Crippen LogP contribution in [0.1, 0.15) is 53.6 Å². The molecule has 1 aromatic heterocycles. The molecule has 3 aromatic rings. The van der Waals surface area contributed by atoms with Gasteiger partial charge in [-0.1, -0.05) is 42.5 Å². The fraction of sp³-hybridized carbons (Fsp3) is 0.292. The van der Waals surface area contributed by atoms with Crippen LogP contribution >= 0.6 is 0 Å². The van der Waals surface area contributed by atoms with Crippen molar-refractivity contribution in [2.75, 3.05) is 5.32 Å². The minimum absolute atomic E-state index is 0.00494. The number of nitrogens with one attached hydrogen (secondary N) is 1. The largest absolute Gasteiger partial charge is 0.418 e. The molecule has 0 aliphatic carbocycles. The number of aromatic nitrogens is 1. The Morgan fingerprint density at radius 2 is 1.60 bits per heavy atom. The molecule has 6 heteroatoms. The van der Waals surface area contributed by atoms with E-state index < -0.39 is 17.6 Å². The molecule has 0 atom stereocenters. The third-order valence-electron chi connectivity index (χ3n) is 4.97. The minimum Gasteiger partial charge on any atom is -0.338 e. The Balaban J connectivity index is 1.77. The predicted octanol–water partition coefficient (Wildman–Crippen LogP) is 6.52. The topological polar surface area (TPSA) is 34.0 Å². The standard InChI is InChI=1S/C24H25F3N2O/c1-17(2)29-19(12-8-11-18-9-4-3-5-10-18)15-16-22(29)23(30)28-21-14-7-6-13-20(21)24(25,26)27/h3-7,9-10,13-17H,8,11-12H2,1-2H3,(H,28,30). The number of alkyl halides is 3. The van der Waals surface area contributed by atoms with Crippen LogP contribution in [0.3, 0.4) is 0 Å². The fourth-order valence-electron chi connectivity index (χ4n) is 3.63. The molecule has 0 unspecified atom stereocenters. The Hall–Kier alpha value is -3.02. The molecule has 0 saturated heterocycles. The lowest BCUT2D eigenvalue weighted by Gasteiger charge is -2.18. The smallest absolute Gasteiger partial charge is 0.338 e. The molecule has 0 aliphatic rings. The highest BCUT2D eigenvalue weighted by atomic mass is 19.4. The summed E-state index contributed by atoms with van der Waals surface area (Å²) in [4.78, 5) is 12.8. The fourth-order valence-corrected chi connectivity index (χ4v) is 3.63. The highest BCUT2D eigenvalue weighted by molar-refractivity contribution is 6.03. The Kier molecular flexibility index (Phi) is 6.65. The number of halogens is 3. The number of amides is 1. The van der Waals surface area contributed by atoms with E-state index in [1.165, 1.54) is 23.8 Å². The first-order valence-electron chi connectivity index (χ1n) is 9.99. The van der Waals surface area contributed by atoms with E-state index in [0.29, 0.717) is 5.69 Å². The number of hydrogen-bond acceptors (Lipinski definition) is 1. The lowest BCUT2D eigenvalue weighted by molar-refractivity contribution is -0.136. The number of aryl methyl sites for hydroxylation is 2. The summed E-state index contributed by atoms with van der Waals surface area (Å²) < 4.78 is 41.6. The molecule has 1 heterocycles. The van der Waals surface area contributed by atoms with Crippen LogP contribution in [-0.2, 0) is 19.0 Å². The first-order chi connectivity index (χ1) is 14.3. The van der Waals surface area contributed by atoms with E-state index in [1.54, 1.807) is 6.07 Å². The van der Waals surface area contributed by atoms with Crippen molar-refractivity contribution in [1.29, 1.82) is 0 Å². The predicted molar refractivity (Wildman–Crippen MR) is 113 cm³/mol. The van der Waals surface area contributed by atoms with Crippen LogP contribution in [0.25, 0.3) is 0 Å². The molecule has 3 nitrogen and oxygen atoms in total. The van der Waals surface area contributed by atoms with E-state index >= 15 is 0 Å². The first-order valence-corrected chi connectivity index (χ1v) is 9.99. The van der Waals surface area contributed by atoms with Crippen LogP contribution in [0.4, 0.5) is 18.9 Å². The summed E-state index contributed by atoms with van der Waals surface area (Å²) >= 11 is 0.